The van der Waals surface area contributed by atoms with Crippen molar-refractivity contribution in [1.82, 2.24) is 10.6 Å². The molecule has 5 heteroatoms. The van der Waals surface area contributed by atoms with Crippen molar-refractivity contribution in [2.75, 3.05) is 0 Å². The molecule has 1 aliphatic carbocycles. The number of hydrogen-bond donors (Lipinski definition) is 2. The summed E-state index contributed by atoms with van der Waals surface area (Å²) in [5.74, 6) is 1.65. The number of furan rings is 1. The van der Waals surface area contributed by atoms with Crippen molar-refractivity contribution >= 4 is 57.7 Å². The van der Waals surface area contributed by atoms with Gasteiger partial charge in [-0.15, -0.1) is 0 Å². The summed E-state index contributed by atoms with van der Waals surface area (Å²) in [5, 5.41) is 15.8. The predicted octanol–water partition coefficient (Wildman–Crippen LogP) is 8.67. The Hall–Kier alpha value is -5.23. The number of para-hydroxylation sites is 1. The highest BCUT2D eigenvalue weighted by Gasteiger charge is 2.36. The maximum atomic E-state index is 6.34. The van der Waals surface area contributed by atoms with E-state index in [4.69, 9.17) is 9.41 Å². The number of nitrogens with one attached hydrogen (secondary N) is 2. The second kappa shape index (κ2) is 11.4. The van der Waals surface area contributed by atoms with Gasteiger partial charge in [-0.1, -0.05) is 128 Å². The van der Waals surface area contributed by atoms with E-state index in [-0.39, 0.29) is 12.3 Å². The fraction of sp³-hybridized carbons (Fsp3) is 0.159. The Morgan fingerprint density at radius 1 is 0.735 bits per heavy atom. The first-order chi connectivity index (χ1) is 24.2. The molecule has 7 aromatic rings. The molecule has 0 bridgehead atoms. The summed E-state index contributed by atoms with van der Waals surface area (Å²) in [4.78, 5) is 5.46. The van der Waals surface area contributed by atoms with E-state index >= 15 is 0 Å². The molecule has 0 amide bonds. The minimum atomic E-state index is -0.832. The molecule has 1 aromatic heterocycles. The van der Waals surface area contributed by atoms with Crippen LogP contribution in [0.3, 0.4) is 0 Å². The molecule has 6 aromatic carbocycles. The lowest BCUT2D eigenvalue weighted by Crippen LogP contribution is -2.55. The molecule has 3 heterocycles. The van der Waals surface area contributed by atoms with Crippen molar-refractivity contribution in [2.24, 2.45) is 10.9 Å². The lowest BCUT2D eigenvalue weighted by molar-refractivity contribution is 0.266. The van der Waals surface area contributed by atoms with Gasteiger partial charge in [0, 0.05) is 22.3 Å². The van der Waals surface area contributed by atoms with E-state index in [1.54, 1.807) is 0 Å². The van der Waals surface area contributed by atoms with Crippen LogP contribution in [0.2, 0.25) is 6.55 Å². The van der Waals surface area contributed by atoms with Crippen LogP contribution in [0.15, 0.2) is 149 Å². The summed E-state index contributed by atoms with van der Waals surface area (Å²) in [5.41, 5.74) is 8.24. The van der Waals surface area contributed by atoms with E-state index in [1.807, 2.05) is 12.1 Å². The van der Waals surface area contributed by atoms with E-state index in [0.717, 1.165) is 46.2 Å². The second-order valence-corrected chi connectivity index (χ2v) is 16.1. The van der Waals surface area contributed by atoms with E-state index in [9.17, 15) is 0 Å². The molecule has 0 saturated carbocycles. The average Bonchev–Trinajstić information content (AvgIpc) is 3.69. The van der Waals surface area contributed by atoms with Gasteiger partial charge in [0.1, 0.15) is 32.0 Å². The highest BCUT2D eigenvalue weighted by Crippen LogP contribution is 2.38. The lowest BCUT2D eigenvalue weighted by Gasteiger charge is -2.39. The zero-order chi connectivity index (χ0) is 32.5. The van der Waals surface area contributed by atoms with Crippen LogP contribution in [-0.2, 0) is 0 Å². The molecular weight excluding hydrogens is 615 g/mol. The first-order valence-corrected chi connectivity index (χ1v) is 19.4. The molecule has 4 unspecified atom stereocenters. The van der Waals surface area contributed by atoms with Crippen molar-refractivity contribution in [1.29, 1.82) is 0 Å². The van der Waals surface area contributed by atoms with Crippen LogP contribution in [0.5, 0.6) is 0 Å². The Morgan fingerprint density at radius 3 is 2.51 bits per heavy atom. The van der Waals surface area contributed by atoms with Crippen LogP contribution >= 0.6 is 0 Å². The highest BCUT2D eigenvalue weighted by molar-refractivity contribution is 6.88. The molecule has 4 nitrogen and oxygen atoms in total. The molecule has 4 atom stereocenters. The molecule has 0 fully saturated rings. The van der Waals surface area contributed by atoms with Crippen LogP contribution in [0.25, 0.3) is 43.8 Å². The smallest absolute Gasteiger partial charge is 0.136 e. The molecule has 2 N–H and O–H groups in total. The summed E-state index contributed by atoms with van der Waals surface area (Å²) < 4.78 is 6.34. The van der Waals surface area contributed by atoms with Crippen LogP contribution in [0.4, 0.5) is 0 Å². The van der Waals surface area contributed by atoms with Gasteiger partial charge in [-0.3, -0.25) is 5.32 Å². The standard InChI is InChI=1S/C44H36N3OSi/c1-49-39-18-7-5-15-35(39)41-36(16-9-19-40(41)49)44-46-42(31-13-8-12-29(25-31)30-21-20-27-10-2-3-11-28(27)24-30)45-43(47-44)32-22-23-34-33-14-4-6-17-37(33)48-38(34)26-32/h2-12,14-24,26,29,31,42,44,46H,13,25H2,1H3,(H,45,47). The number of benzene rings is 6. The average molecular weight is 651 g/mol. The summed E-state index contributed by atoms with van der Waals surface area (Å²) in [7, 11) is -0.832. The lowest BCUT2D eigenvalue weighted by atomic mass is 9.80. The van der Waals surface area contributed by atoms with Crippen LogP contribution in [0.1, 0.15) is 41.6 Å². The van der Waals surface area contributed by atoms with Crippen molar-refractivity contribution < 1.29 is 4.42 Å². The largest absolute Gasteiger partial charge is 0.456 e. The molecular formula is C44H36N3OSi. The Morgan fingerprint density at radius 2 is 1.55 bits per heavy atom. The van der Waals surface area contributed by atoms with E-state index in [2.05, 4.69) is 145 Å². The van der Waals surface area contributed by atoms with Gasteiger partial charge in [-0.2, -0.15) is 0 Å². The van der Waals surface area contributed by atoms with Gasteiger partial charge in [0.2, 0.25) is 0 Å². The third-order valence-electron chi connectivity index (χ3n) is 11.0. The van der Waals surface area contributed by atoms with Gasteiger partial charge in [0.15, 0.2) is 0 Å². The van der Waals surface area contributed by atoms with Crippen LogP contribution in [-0.4, -0.2) is 20.8 Å². The Bertz CT molecular complexity index is 2480. The minimum Gasteiger partial charge on any atom is -0.456 e. The summed E-state index contributed by atoms with van der Waals surface area (Å²) in [6.45, 7) is 2.43. The predicted molar refractivity (Wildman–Crippen MR) is 204 cm³/mol. The van der Waals surface area contributed by atoms with Crippen molar-refractivity contribution in [3.63, 3.8) is 0 Å². The Balaban J connectivity index is 1.05. The minimum absolute atomic E-state index is 0.0377. The van der Waals surface area contributed by atoms with Gasteiger partial charge >= 0.3 is 0 Å². The Labute approximate surface area is 287 Å². The van der Waals surface area contributed by atoms with Gasteiger partial charge < -0.3 is 9.73 Å². The maximum absolute atomic E-state index is 6.34. The number of allylic oxidation sites excluding steroid dienone is 2. The molecule has 10 rings (SSSR count). The fourth-order valence-corrected chi connectivity index (χ4v) is 10.7. The molecule has 237 valence electrons. The Kier molecular flexibility index (Phi) is 6.71. The highest BCUT2D eigenvalue weighted by atomic mass is 28.3. The zero-order valence-electron chi connectivity index (χ0n) is 27.4. The third kappa shape index (κ3) is 4.79. The molecule has 49 heavy (non-hydrogen) atoms. The fourth-order valence-electron chi connectivity index (χ4n) is 8.47. The van der Waals surface area contributed by atoms with Gasteiger partial charge in [-0.25, -0.2) is 4.99 Å². The van der Waals surface area contributed by atoms with E-state index in [1.165, 1.54) is 43.4 Å². The van der Waals surface area contributed by atoms with Crippen LogP contribution < -0.4 is 21.0 Å². The number of aliphatic imine (C=N–C) groups is 1. The summed E-state index contributed by atoms with van der Waals surface area (Å²) in [6, 6.07) is 46.3. The van der Waals surface area contributed by atoms with E-state index < -0.39 is 8.80 Å². The van der Waals surface area contributed by atoms with Gasteiger partial charge in [-0.05, 0) is 80.4 Å². The number of amidine groups is 1. The third-order valence-corrected chi connectivity index (χ3v) is 13.4. The van der Waals surface area contributed by atoms with Crippen LogP contribution in [0, 0.1) is 5.92 Å². The quantitative estimate of drug-likeness (QED) is 0.148. The number of fused-ring (bicyclic) bond motifs is 7. The first kappa shape index (κ1) is 28.8. The number of hydrogen-bond acceptors (Lipinski definition) is 4. The van der Waals surface area contributed by atoms with Gasteiger partial charge in [0.25, 0.3) is 0 Å². The molecule has 0 saturated heterocycles. The van der Waals surface area contributed by atoms with Crippen molar-refractivity contribution in [3.8, 4) is 11.1 Å². The second-order valence-electron chi connectivity index (χ2n) is 13.8. The number of rotatable bonds is 4. The van der Waals surface area contributed by atoms with Crippen molar-refractivity contribution in [2.45, 2.75) is 37.6 Å². The maximum Gasteiger partial charge on any atom is 0.136 e. The molecule has 0 spiro atoms. The topological polar surface area (TPSA) is 49.6 Å². The summed E-state index contributed by atoms with van der Waals surface area (Å²) in [6.07, 6.45) is 6.72. The van der Waals surface area contributed by atoms with Gasteiger partial charge in [0.05, 0.1) is 6.17 Å². The molecule has 2 aliphatic heterocycles. The molecule has 3 aliphatic rings. The molecule has 1 radical (unpaired) electrons. The van der Waals surface area contributed by atoms with E-state index in [0.29, 0.717) is 11.8 Å². The number of nitrogens with zero attached hydrogens (tertiary/aromatic N) is 1. The summed E-state index contributed by atoms with van der Waals surface area (Å²) >= 11 is 0. The zero-order valence-corrected chi connectivity index (χ0v) is 28.4. The monoisotopic (exact) mass is 650 g/mol. The van der Waals surface area contributed by atoms with Crippen molar-refractivity contribution in [3.05, 3.63) is 156 Å². The normalized spacial score (nSPS) is 21.9. The first-order valence-electron chi connectivity index (χ1n) is 17.4. The SMILES string of the molecule is C[Si]1c2ccccc2-c2c(C3N=C(c4ccc5c(c4)oc4ccccc45)NC(C4CC=CC(c5ccc6ccccc6c5)C4)N3)cccc21.